The molecule has 1 aliphatic carbocycles. The SMILES string of the molecule is CCCCCc1cccc(-c2cc(C)c3c(c2)C=[N+]2C4CCCCC4[N+]4=Cc5cc(-c6cccc(CCCCN(CC)CC)c6)cc(C)c5OC24O3)c1. The van der Waals surface area contributed by atoms with Gasteiger partial charge in [0, 0.05) is 12.8 Å². The zero-order valence-corrected chi connectivity index (χ0v) is 32.8. The van der Waals surface area contributed by atoms with Gasteiger partial charge in [-0.2, -0.15) is 0 Å². The number of hydrogen-bond donors (Lipinski definition) is 0. The average molecular weight is 710 g/mol. The number of benzene rings is 4. The number of ether oxygens (including phenoxy) is 2. The third-order valence-corrected chi connectivity index (χ3v) is 12.4. The maximum Gasteiger partial charge on any atom is 0.704 e. The van der Waals surface area contributed by atoms with Crippen molar-refractivity contribution in [2.45, 2.75) is 123 Å². The van der Waals surface area contributed by atoms with E-state index in [2.05, 4.69) is 134 Å². The van der Waals surface area contributed by atoms with E-state index in [-0.39, 0.29) is 0 Å². The molecule has 1 spiro atoms. The van der Waals surface area contributed by atoms with Crippen LogP contribution in [0.25, 0.3) is 22.3 Å². The van der Waals surface area contributed by atoms with Crippen LogP contribution >= 0.6 is 0 Å². The zero-order valence-electron chi connectivity index (χ0n) is 32.8. The molecule has 8 rings (SSSR count). The van der Waals surface area contributed by atoms with Crippen LogP contribution in [0.1, 0.15) is 112 Å². The first-order chi connectivity index (χ1) is 25.9. The fourth-order valence-corrected chi connectivity index (χ4v) is 9.45. The van der Waals surface area contributed by atoms with Crippen molar-refractivity contribution in [1.82, 2.24) is 4.90 Å². The van der Waals surface area contributed by atoms with Crippen LogP contribution in [0.5, 0.6) is 11.5 Å². The summed E-state index contributed by atoms with van der Waals surface area (Å²) in [4.78, 5) is 2.52. The molecule has 0 N–H and O–H groups in total. The van der Waals surface area contributed by atoms with Crippen LogP contribution in [0, 0.1) is 13.8 Å². The van der Waals surface area contributed by atoms with Crippen molar-refractivity contribution < 1.29 is 18.6 Å². The first kappa shape index (κ1) is 35.8. The summed E-state index contributed by atoms with van der Waals surface area (Å²) in [6, 6.07) is 27.2. The smallest absolute Gasteiger partial charge is 0.340 e. The molecule has 276 valence electrons. The summed E-state index contributed by atoms with van der Waals surface area (Å²) < 4.78 is 19.3. The van der Waals surface area contributed by atoms with Crippen molar-refractivity contribution in [3.8, 4) is 33.8 Å². The Morgan fingerprint density at radius 3 is 1.62 bits per heavy atom. The number of nitrogens with zero attached hydrogens (tertiary/aromatic N) is 3. The lowest BCUT2D eigenvalue weighted by atomic mass is 9.91. The van der Waals surface area contributed by atoms with E-state index in [1.165, 1.54) is 84.9 Å². The van der Waals surface area contributed by atoms with Crippen LogP contribution in [-0.4, -0.2) is 64.2 Å². The van der Waals surface area contributed by atoms with Gasteiger partial charge in [-0.15, -0.1) is 0 Å². The highest BCUT2D eigenvalue weighted by atomic mass is 16.7. The maximum atomic E-state index is 7.24. The van der Waals surface area contributed by atoms with E-state index in [1.54, 1.807) is 0 Å². The third kappa shape index (κ3) is 6.86. The van der Waals surface area contributed by atoms with Gasteiger partial charge in [0.05, 0.1) is 11.1 Å². The molecule has 3 atom stereocenters. The minimum absolute atomic E-state index is 0.325. The molecule has 1 saturated carbocycles. The first-order valence-corrected chi connectivity index (χ1v) is 20.8. The summed E-state index contributed by atoms with van der Waals surface area (Å²) in [6.07, 6.45) is 17.9. The van der Waals surface area contributed by atoms with Gasteiger partial charge < -0.3 is 14.4 Å². The number of unbranched alkanes of at least 4 members (excludes halogenated alkanes) is 3. The molecule has 0 radical (unpaired) electrons. The maximum absolute atomic E-state index is 7.24. The van der Waals surface area contributed by atoms with E-state index in [9.17, 15) is 0 Å². The predicted molar refractivity (Wildman–Crippen MR) is 218 cm³/mol. The van der Waals surface area contributed by atoms with E-state index >= 15 is 0 Å². The highest BCUT2D eigenvalue weighted by Crippen LogP contribution is 2.47. The lowest BCUT2D eigenvalue weighted by molar-refractivity contribution is -0.866. The minimum atomic E-state index is -1.03. The molecule has 4 aliphatic rings. The predicted octanol–water partition coefficient (Wildman–Crippen LogP) is 10.3. The van der Waals surface area contributed by atoms with Gasteiger partial charge in [0.1, 0.15) is 0 Å². The fraction of sp³-hybridized carbons (Fsp3) is 0.458. The molecular formula is C48H59N3O2+2. The summed E-state index contributed by atoms with van der Waals surface area (Å²) in [7, 11) is 0. The molecule has 5 heteroatoms. The molecule has 1 saturated heterocycles. The second-order valence-electron chi connectivity index (χ2n) is 16.0. The van der Waals surface area contributed by atoms with Gasteiger partial charge in [-0.3, -0.25) is 0 Å². The number of fused-ring (bicyclic) bond motifs is 5. The van der Waals surface area contributed by atoms with Crippen molar-refractivity contribution in [2.24, 2.45) is 0 Å². The van der Waals surface area contributed by atoms with Crippen molar-refractivity contribution in [3.05, 3.63) is 106 Å². The molecule has 3 unspecified atom stereocenters. The van der Waals surface area contributed by atoms with E-state index < -0.39 is 6.03 Å². The minimum Gasteiger partial charge on any atom is -0.340 e. The van der Waals surface area contributed by atoms with Gasteiger partial charge in [-0.1, -0.05) is 91.3 Å². The molecule has 4 aromatic carbocycles. The molecule has 0 amide bonds. The van der Waals surface area contributed by atoms with Crippen molar-refractivity contribution in [1.29, 1.82) is 0 Å². The Labute approximate surface area is 318 Å². The van der Waals surface area contributed by atoms with E-state index in [0.717, 1.165) is 72.5 Å². The summed E-state index contributed by atoms with van der Waals surface area (Å²) in [5.41, 5.74) is 12.5. The highest BCUT2D eigenvalue weighted by molar-refractivity contribution is 5.87. The largest absolute Gasteiger partial charge is 0.704 e. The zero-order chi connectivity index (χ0) is 36.5. The van der Waals surface area contributed by atoms with Crippen LogP contribution in [0.15, 0.2) is 72.8 Å². The Morgan fingerprint density at radius 2 is 1.13 bits per heavy atom. The standard InChI is InChI=1S/C48H59N3O2/c1-6-9-10-17-36-19-15-21-38(28-36)40-26-34(4)46-42(30-40)32-50-44-23-11-12-24-45(44)51-33-43-31-41(27-35(5)47(43)53-48(50,51)52-46)39-22-16-20-37(29-39)18-13-14-25-49(7-2)8-3/h15-16,19-22,26-33,44-45H,6-14,17-18,23-25H2,1-5H3/q+2. The van der Waals surface area contributed by atoms with Crippen LogP contribution in [0.2, 0.25) is 0 Å². The Morgan fingerprint density at radius 1 is 0.623 bits per heavy atom. The Hall–Kier alpha value is -4.22. The Bertz CT molecular complexity index is 2040. The van der Waals surface area contributed by atoms with Crippen LogP contribution in [0.3, 0.4) is 0 Å². The molecule has 4 aromatic rings. The topological polar surface area (TPSA) is 27.7 Å². The van der Waals surface area contributed by atoms with Crippen LogP contribution in [0.4, 0.5) is 0 Å². The van der Waals surface area contributed by atoms with Gasteiger partial charge >= 0.3 is 6.03 Å². The molecule has 3 heterocycles. The normalized spacial score (nSPS) is 21.0. The first-order valence-electron chi connectivity index (χ1n) is 20.8. The second kappa shape index (κ2) is 15.3. The van der Waals surface area contributed by atoms with Crippen molar-refractivity contribution in [3.63, 3.8) is 0 Å². The lowest BCUT2D eigenvalue weighted by Crippen LogP contribution is -2.60. The van der Waals surface area contributed by atoms with Crippen LogP contribution in [-0.2, 0) is 12.8 Å². The van der Waals surface area contributed by atoms with Gasteiger partial charge in [0.2, 0.25) is 12.1 Å². The van der Waals surface area contributed by atoms with Crippen molar-refractivity contribution >= 4 is 12.4 Å². The molecule has 0 bridgehead atoms. The number of aryl methyl sites for hydroxylation is 4. The van der Waals surface area contributed by atoms with Gasteiger partial charge in [0.25, 0.3) is 0 Å². The van der Waals surface area contributed by atoms with E-state index in [1.807, 2.05) is 0 Å². The van der Waals surface area contributed by atoms with Crippen molar-refractivity contribution in [2.75, 3.05) is 19.6 Å². The Balaban J connectivity index is 1.11. The number of hydrogen-bond acceptors (Lipinski definition) is 3. The third-order valence-electron chi connectivity index (χ3n) is 12.4. The fourth-order valence-electron chi connectivity index (χ4n) is 9.45. The molecule has 3 aliphatic heterocycles. The quantitative estimate of drug-likeness (QED) is 0.102. The second-order valence-corrected chi connectivity index (χ2v) is 16.0. The van der Waals surface area contributed by atoms with Gasteiger partial charge in [-0.05, 0) is 147 Å². The summed E-state index contributed by atoms with van der Waals surface area (Å²) >= 11 is 0. The monoisotopic (exact) mass is 709 g/mol. The number of rotatable bonds is 13. The highest BCUT2D eigenvalue weighted by Gasteiger charge is 2.76. The Kier molecular flexibility index (Phi) is 10.3. The van der Waals surface area contributed by atoms with Gasteiger partial charge in [-0.25, -0.2) is 0 Å². The lowest BCUT2D eigenvalue weighted by Gasteiger charge is -2.29. The van der Waals surface area contributed by atoms with E-state index in [0.29, 0.717) is 12.1 Å². The molecule has 2 fully saturated rings. The summed E-state index contributed by atoms with van der Waals surface area (Å²) in [5.74, 6) is 1.85. The molecule has 0 aromatic heterocycles. The average Bonchev–Trinajstić information content (AvgIpc) is 3.45. The molecule has 53 heavy (non-hydrogen) atoms. The van der Waals surface area contributed by atoms with Gasteiger partial charge in [0.15, 0.2) is 23.9 Å². The molecular weight excluding hydrogens is 651 g/mol. The van der Waals surface area contributed by atoms with Crippen LogP contribution < -0.4 is 9.47 Å². The molecule has 5 nitrogen and oxygen atoms in total. The summed E-state index contributed by atoms with van der Waals surface area (Å²) in [5, 5.41) is 0. The van der Waals surface area contributed by atoms with E-state index in [4.69, 9.17) is 9.47 Å². The summed E-state index contributed by atoms with van der Waals surface area (Å²) in [6.45, 7) is 14.6.